The van der Waals surface area contributed by atoms with E-state index in [2.05, 4.69) is 50.3 Å². The average Bonchev–Trinajstić information content (AvgIpc) is 3.57. The van der Waals surface area contributed by atoms with E-state index in [9.17, 15) is 19.5 Å². The Balaban J connectivity index is 3.99. The van der Waals surface area contributed by atoms with E-state index < -0.39 is 18.4 Å². The number of carbonyl (C=O) groups is 3. The van der Waals surface area contributed by atoms with Crippen molar-refractivity contribution in [2.45, 2.75) is 399 Å². The van der Waals surface area contributed by atoms with Crippen LogP contribution in [0.15, 0.2) is 36.5 Å². The lowest BCUT2D eigenvalue weighted by atomic mass is 10.0. The molecule has 9 nitrogen and oxygen atoms in total. The van der Waals surface area contributed by atoms with Gasteiger partial charge in [0.1, 0.15) is 13.2 Å². The minimum absolute atomic E-state index is 0.175. The first-order valence-corrected chi connectivity index (χ1v) is 38.2. The molecule has 87 heavy (non-hydrogen) atoms. The van der Waals surface area contributed by atoms with Crippen molar-refractivity contribution in [1.29, 1.82) is 0 Å². The number of esters is 2. The predicted octanol–water partition coefficient (Wildman–Crippen LogP) is 23.9. The van der Waals surface area contributed by atoms with Crippen LogP contribution in [0.3, 0.4) is 0 Å². The van der Waals surface area contributed by atoms with Crippen LogP contribution in [-0.4, -0.2) is 87.4 Å². The van der Waals surface area contributed by atoms with Crippen molar-refractivity contribution >= 4 is 17.9 Å². The molecule has 0 spiro atoms. The van der Waals surface area contributed by atoms with Crippen LogP contribution < -0.4 is 0 Å². The minimum Gasteiger partial charge on any atom is -0.477 e. The summed E-state index contributed by atoms with van der Waals surface area (Å²) in [5.41, 5.74) is 0. The number of carbonyl (C=O) groups excluding carboxylic acids is 2. The van der Waals surface area contributed by atoms with Gasteiger partial charge in [0.25, 0.3) is 6.29 Å². The van der Waals surface area contributed by atoms with Crippen molar-refractivity contribution in [3.05, 3.63) is 36.5 Å². The van der Waals surface area contributed by atoms with Gasteiger partial charge in [0.2, 0.25) is 0 Å². The Hall–Kier alpha value is -2.49. The van der Waals surface area contributed by atoms with Crippen LogP contribution in [0.4, 0.5) is 0 Å². The molecule has 0 heterocycles. The Morgan fingerprint density at radius 2 is 0.621 bits per heavy atom. The molecule has 512 valence electrons. The zero-order valence-corrected chi connectivity index (χ0v) is 58.7. The molecular weight excluding hydrogens is 1080 g/mol. The fraction of sp³-hybridized carbons (Fsp3) is 0.885. The Morgan fingerprint density at radius 1 is 0.345 bits per heavy atom. The van der Waals surface area contributed by atoms with Crippen molar-refractivity contribution in [3.8, 4) is 0 Å². The summed E-state index contributed by atoms with van der Waals surface area (Å²) in [5.74, 6) is -1.97. The molecule has 0 saturated carbocycles. The largest absolute Gasteiger partial charge is 0.477 e. The lowest BCUT2D eigenvalue weighted by Gasteiger charge is -2.25. The quantitative estimate of drug-likeness (QED) is 0.0211. The molecule has 0 bridgehead atoms. The molecule has 0 aromatic carbocycles. The molecule has 0 aromatic heterocycles. The van der Waals surface area contributed by atoms with Crippen molar-refractivity contribution in [3.63, 3.8) is 0 Å². The monoisotopic (exact) mass is 1230 g/mol. The van der Waals surface area contributed by atoms with Gasteiger partial charge in [0, 0.05) is 12.8 Å². The van der Waals surface area contributed by atoms with Crippen LogP contribution in [-0.2, 0) is 33.3 Å². The Morgan fingerprint density at radius 3 is 0.920 bits per heavy atom. The molecule has 0 saturated heterocycles. The van der Waals surface area contributed by atoms with E-state index in [4.69, 9.17) is 18.9 Å². The normalized spacial score (nSPS) is 12.8. The van der Waals surface area contributed by atoms with Crippen LogP contribution in [0.2, 0.25) is 0 Å². The number of carboxylic acids is 1. The Bertz CT molecular complexity index is 1520. The highest BCUT2D eigenvalue weighted by atomic mass is 16.7. The third-order valence-corrected chi connectivity index (χ3v) is 17.4. The van der Waals surface area contributed by atoms with Crippen LogP contribution in [0.5, 0.6) is 0 Å². The number of allylic oxidation sites excluding steroid dienone is 6. The molecule has 0 aliphatic heterocycles. The number of unbranched alkanes of at least 4 members (excludes halogenated alkanes) is 51. The molecule has 0 radical (unpaired) electrons. The summed E-state index contributed by atoms with van der Waals surface area (Å²) in [7, 11) is 6.00. The number of rotatable bonds is 72. The van der Waals surface area contributed by atoms with Gasteiger partial charge in [-0.05, 0) is 51.4 Å². The van der Waals surface area contributed by atoms with Gasteiger partial charge in [-0.15, -0.1) is 0 Å². The highest BCUT2D eigenvalue weighted by Gasteiger charge is 2.25. The zero-order chi connectivity index (χ0) is 63.3. The van der Waals surface area contributed by atoms with E-state index in [0.29, 0.717) is 17.4 Å². The lowest BCUT2D eigenvalue weighted by molar-refractivity contribution is -0.870. The van der Waals surface area contributed by atoms with E-state index in [1.54, 1.807) is 0 Å². The third-order valence-electron chi connectivity index (χ3n) is 17.4. The summed E-state index contributed by atoms with van der Waals surface area (Å²) in [6.07, 6.45) is 85.7. The van der Waals surface area contributed by atoms with Crippen LogP contribution in [0, 0.1) is 0 Å². The second-order valence-electron chi connectivity index (χ2n) is 27.3. The molecule has 9 heteroatoms. The summed E-state index contributed by atoms with van der Waals surface area (Å²) in [6.45, 7) is 4.95. The predicted molar refractivity (Wildman–Crippen MR) is 374 cm³/mol. The fourth-order valence-corrected chi connectivity index (χ4v) is 11.6. The maximum absolute atomic E-state index is 13.0. The molecule has 2 atom stereocenters. The highest BCUT2D eigenvalue weighted by Crippen LogP contribution is 2.19. The smallest absolute Gasteiger partial charge is 0.361 e. The zero-order valence-electron chi connectivity index (χ0n) is 58.7. The molecule has 2 unspecified atom stereocenters. The van der Waals surface area contributed by atoms with Crippen molar-refractivity contribution in [2.75, 3.05) is 47.5 Å². The fourth-order valence-electron chi connectivity index (χ4n) is 11.6. The van der Waals surface area contributed by atoms with Crippen molar-refractivity contribution < 1.29 is 42.9 Å². The number of hydrogen-bond donors (Lipinski definition) is 1. The minimum atomic E-state index is -1.51. The van der Waals surface area contributed by atoms with Gasteiger partial charge in [-0.2, -0.15) is 0 Å². The van der Waals surface area contributed by atoms with Crippen LogP contribution in [0.25, 0.3) is 0 Å². The molecule has 0 amide bonds. The van der Waals surface area contributed by atoms with Gasteiger partial charge in [0.15, 0.2) is 6.10 Å². The first-order valence-electron chi connectivity index (χ1n) is 38.2. The van der Waals surface area contributed by atoms with Crippen molar-refractivity contribution in [1.82, 2.24) is 0 Å². The molecule has 0 fully saturated rings. The van der Waals surface area contributed by atoms with Gasteiger partial charge in [0.05, 0.1) is 34.4 Å². The first-order chi connectivity index (χ1) is 42.6. The van der Waals surface area contributed by atoms with Gasteiger partial charge in [-0.1, -0.05) is 359 Å². The number of hydrogen-bond acceptors (Lipinski definition) is 7. The molecule has 0 rings (SSSR count). The SMILES string of the molecule is CCCCCCC/C=C\C/C=C\C/C=C\CCCCCCCCCCCCCCCCCCCCCCCCC(=O)OC(COC(=O)CCCCCCCCCCCCCCCCCCCCCCCCCCC)COC(OCC[N+](C)(C)C)C(=O)O. The van der Waals surface area contributed by atoms with Crippen LogP contribution in [0.1, 0.15) is 386 Å². The molecule has 0 aliphatic carbocycles. The van der Waals surface area contributed by atoms with E-state index in [1.807, 2.05) is 21.1 Å². The van der Waals surface area contributed by atoms with Crippen molar-refractivity contribution in [2.24, 2.45) is 0 Å². The van der Waals surface area contributed by atoms with Gasteiger partial charge >= 0.3 is 17.9 Å². The number of carboxylic acid groups (broad SMARTS) is 1. The number of likely N-dealkylation sites (N-methyl/N-ethyl adjacent to an activating group) is 1. The number of nitrogens with zero attached hydrogens (tertiary/aromatic N) is 1. The second kappa shape index (κ2) is 69.4. The molecule has 1 N–H and O–H groups in total. The van der Waals surface area contributed by atoms with Gasteiger partial charge < -0.3 is 28.5 Å². The summed E-state index contributed by atoms with van der Waals surface area (Å²) in [5, 5.41) is 9.76. The first kappa shape index (κ1) is 84.5. The Labute approximate surface area is 540 Å². The standard InChI is InChI=1S/C78H147NO8/c1-6-8-10-12-14-16-18-20-22-24-26-28-30-32-33-34-35-36-37-38-39-40-41-42-43-45-47-49-51-53-55-57-59-61-63-65-67-69-76(81)87-74(73-86-78(77(82)83)84-71-70-79(3,4)5)72-85-75(80)68-66-64-62-60-58-56-54-52-50-48-46-44-31-29-27-25-23-21-19-17-15-13-11-9-7-2/h18,20,24,26,30,32,74,78H,6-17,19,21-23,25,27-29,31,33-73H2,1-5H3/p+1/b20-18-,26-24-,32-30-. The second-order valence-corrected chi connectivity index (χ2v) is 27.3. The summed E-state index contributed by atoms with van der Waals surface area (Å²) < 4.78 is 23.0. The topological polar surface area (TPSA) is 108 Å². The maximum Gasteiger partial charge on any atom is 0.361 e. The molecule has 0 aliphatic rings. The van der Waals surface area contributed by atoms with E-state index in [1.165, 1.54) is 308 Å². The summed E-state index contributed by atoms with van der Waals surface area (Å²) >= 11 is 0. The molecule has 0 aromatic rings. The lowest BCUT2D eigenvalue weighted by Crippen LogP contribution is -2.40. The highest BCUT2D eigenvalue weighted by molar-refractivity contribution is 5.71. The van der Waals surface area contributed by atoms with Gasteiger partial charge in [-0.3, -0.25) is 9.59 Å². The summed E-state index contributed by atoms with van der Waals surface area (Å²) in [6, 6.07) is 0. The number of quaternary nitrogens is 1. The number of ether oxygens (including phenoxy) is 4. The summed E-state index contributed by atoms with van der Waals surface area (Å²) in [4.78, 5) is 37.7. The Kier molecular flexibility index (Phi) is 67.4. The molecular formula is C78H148NO8+. The van der Waals surface area contributed by atoms with Crippen LogP contribution >= 0.6 is 0 Å². The van der Waals surface area contributed by atoms with E-state index in [-0.39, 0.29) is 38.2 Å². The number of aliphatic carboxylic acids is 1. The van der Waals surface area contributed by atoms with E-state index >= 15 is 0 Å². The maximum atomic E-state index is 13.0. The third kappa shape index (κ3) is 70.8. The van der Waals surface area contributed by atoms with Gasteiger partial charge in [-0.25, -0.2) is 4.79 Å². The van der Waals surface area contributed by atoms with E-state index in [0.717, 1.165) is 51.4 Å². The average molecular weight is 1230 g/mol.